The van der Waals surface area contributed by atoms with Gasteiger partial charge < -0.3 is 5.11 Å². The van der Waals surface area contributed by atoms with E-state index in [9.17, 15) is 13.2 Å². The van der Waals surface area contributed by atoms with Gasteiger partial charge in [0, 0.05) is 19.3 Å². The minimum atomic E-state index is -3.65. The number of carboxylic acids is 1. The minimum Gasteiger partial charge on any atom is -0.478 e. The molecule has 1 saturated heterocycles. The molecule has 20 heavy (non-hydrogen) atoms. The highest BCUT2D eigenvalue weighted by molar-refractivity contribution is 7.90. The smallest absolute Gasteiger partial charge is 0.337 e. The predicted octanol–water partition coefficient (Wildman–Crippen LogP) is 1.17. The zero-order valence-electron chi connectivity index (χ0n) is 11.1. The molecule has 1 aliphatic rings. The molecule has 2 N–H and O–H groups in total. The maximum absolute atomic E-state index is 12.2. The van der Waals surface area contributed by atoms with Crippen LogP contribution in [-0.4, -0.2) is 41.9 Å². The zero-order valence-corrected chi connectivity index (χ0v) is 11.9. The molecule has 0 aliphatic carbocycles. The molecule has 1 aromatic heterocycles. The quantitative estimate of drug-likeness (QED) is 0.869. The number of carboxylic acid groups (broad SMARTS) is 1. The Morgan fingerprint density at radius 3 is 2.65 bits per heavy atom. The van der Waals surface area contributed by atoms with Crippen LogP contribution in [0.5, 0.6) is 0 Å². The van der Waals surface area contributed by atoms with Crippen molar-refractivity contribution in [2.24, 2.45) is 5.92 Å². The van der Waals surface area contributed by atoms with E-state index in [2.05, 4.69) is 16.6 Å². The van der Waals surface area contributed by atoms with Gasteiger partial charge >= 0.3 is 16.2 Å². The van der Waals surface area contributed by atoms with Crippen molar-refractivity contribution in [3.05, 3.63) is 24.0 Å². The van der Waals surface area contributed by atoms with Crippen LogP contribution in [0.25, 0.3) is 0 Å². The number of hydrogen-bond acceptors (Lipinski definition) is 4. The van der Waals surface area contributed by atoms with Crippen molar-refractivity contribution in [3.63, 3.8) is 0 Å². The maximum atomic E-state index is 12.2. The van der Waals surface area contributed by atoms with E-state index in [1.54, 1.807) is 0 Å². The highest BCUT2D eigenvalue weighted by Crippen LogP contribution is 2.20. The molecule has 1 aromatic rings. The number of pyridine rings is 1. The monoisotopic (exact) mass is 299 g/mol. The van der Waals surface area contributed by atoms with Gasteiger partial charge in [0.15, 0.2) is 0 Å². The summed E-state index contributed by atoms with van der Waals surface area (Å²) in [6, 6.07) is 1.25. The summed E-state index contributed by atoms with van der Waals surface area (Å²) in [6.45, 7) is 3.04. The second kappa shape index (κ2) is 5.76. The van der Waals surface area contributed by atoms with E-state index in [4.69, 9.17) is 5.11 Å². The van der Waals surface area contributed by atoms with Gasteiger partial charge in [0.25, 0.3) is 0 Å². The van der Waals surface area contributed by atoms with E-state index < -0.39 is 16.2 Å². The highest BCUT2D eigenvalue weighted by atomic mass is 32.2. The molecule has 0 aromatic carbocycles. The van der Waals surface area contributed by atoms with Crippen molar-refractivity contribution in [2.45, 2.75) is 19.8 Å². The molecule has 0 amide bonds. The summed E-state index contributed by atoms with van der Waals surface area (Å²) in [5.41, 5.74) is 0.0981. The first-order valence-electron chi connectivity index (χ1n) is 6.35. The lowest BCUT2D eigenvalue weighted by Crippen LogP contribution is -2.41. The van der Waals surface area contributed by atoms with Crippen molar-refractivity contribution >= 4 is 21.9 Å². The third-order valence-electron chi connectivity index (χ3n) is 3.31. The summed E-state index contributed by atoms with van der Waals surface area (Å²) in [5, 5.41) is 8.86. The number of anilines is 1. The Hall–Kier alpha value is -1.67. The van der Waals surface area contributed by atoms with Crippen molar-refractivity contribution in [3.8, 4) is 0 Å². The molecular weight excluding hydrogens is 282 g/mol. The van der Waals surface area contributed by atoms with Crippen LogP contribution < -0.4 is 4.72 Å². The SMILES string of the molecule is CC1CCN(S(=O)(=O)Nc2cncc(C(=O)O)c2)CC1. The van der Waals surface area contributed by atoms with Crippen molar-refractivity contribution in [1.82, 2.24) is 9.29 Å². The van der Waals surface area contributed by atoms with E-state index in [0.29, 0.717) is 19.0 Å². The molecule has 0 bridgehead atoms. The molecule has 0 unspecified atom stereocenters. The summed E-state index contributed by atoms with van der Waals surface area (Å²) in [4.78, 5) is 14.5. The Labute approximate surface area is 117 Å². The second-order valence-corrected chi connectivity index (χ2v) is 6.63. The van der Waals surface area contributed by atoms with Crippen LogP contribution in [0.4, 0.5) is 5.69 Å². The molecule has 0 atom stereocenters. The highest BCUT2D eigenvalue weighted by Gasteiger charge is 2.26. The van der Waals surface area contributed by atoms with Crippen LogP contribution in [-0.2, 0) is 10.2 Å². The average Bonchev–Trinajstić information content (AvgIpc) is 2.39. The first kappa shape index (κ1) is 14.7. The molecule has 7 nitrogen and oxygen atoms in total. The van der Waals surface area contributed by atoms with Gasteiger partial charge in [-0.2, -0.15) is 12.7 Å². The third-order valence-corrected chi connectivity index (χ3v) is 4.85. The Morgan fingerprint density at radius 1 is 1.40 bits per heavy atom. The van der Waals surface area contributed by atoms with Crippen LogP contribution in [0, 0.1) is 5.92 Å². The maximum Gasteiger partial charge on any atom is 0.337 e. The molecule has 2 heterocycles. The Kier molecular flexibility index (Phi) is 4.24. The number of piperidine rings is 1. The molecule has 1 aliphatic heterocycles. The number of aromatic carboxylic acids is 1. The summed E-state index contributed by atoms with van der Waals surface area (Å²) in [5.74, 6) is -0.621. The largest absolute Gasteiger partial charge is 0.478 e. The summed E-state index contributed by atoms with van der Waals surface area (Å²) < 4.78 is 28.1. The normalized spacial score (nSPS) is 17.9. The second-order valence-electron chi connectivity index (χ2n) is 4.96. The first-order chi connectivity index (χ1) is 9.38. The fraction of sp³-hybridized carbons (Fsp3) is 0.500. The standard InChI is InChI=1S/C12H17N3O4S/c1-9-2-4-15(5-3-9)20(18,19)14-11-6-10(12(16)17)7-13-8-11/h6-9,14H,2-5H2,1H3,(H,16,17). The molecular formula is C12H17N3O4S. The summed E-state index contributed by atoms with van der Waals surface area (Å²) >= 11 is 0. The fourth-order valence-electron chi connectivity index (χ4n) is 2.05. The number of hydrogen-bond donors (Lipinski definition) is 2. The van der Waals surface area contributed by atoms with E-state index in [0.717, 1.165) is 12.8 Å². The topological polar surface area (TPSA) is 99.6 Å². The molecule has 0 radical (unpaired) electrons. The van der Waals surface area contributed by atoms with Crippen molar-refractivity contribution in [2.75, 3.05) is 17.8 Å². The lowest BCUT2D eigenvalue weighted by atomic mass is 10.0. The van der Waals surface area contributed by atoms with Gasteiger partial charge in [0.05, 0.1) is 17.4 Å². The molecule has 0 spiro atoms. The van der Waals surface area contributed by atoms with Gasteiger partial charge in [-0.3, -0.25) is 9.71 Å². The van der Waals surface area contributed by atoms with Crippen molar-refractivity contribution < 1.29 is 18.3 Å². The number of nitrogens with one attached hydrogen (secondary N) is 1. The van der Waals surface area contributed by atoms with Crippen LogP contribution in [0.1, 0.15) is 30.1 Å². The number of nitrogens with zero attached hydrogens (tertiary/aromatic N) is 2. The van der Waals surface area contributed by atoms with Gasteiger partial charge in [0.1, 0.15) is 0 Å². The predicted molar refractivity (Wildman–Crippen MR) is 73.7 cm³/mol. The van der Waals surface area contributed by atoms with E-state index in [1.807, 2.05) is 0 Å². The number of aromatic nitrogens is 1. The molecule has 8 heteroatoms. The Bertz CT molecular complexity index is 594. The van der Waals surface area contributed by atoms with Gasteiger partial charge in [-0.1, -0.05) is 6.92 Å². The number of rotatable bonds is 4. The minimum absolute atomic E-state index is 0.0579. The summed E-state index contributed by atoms with van der Waals surface area (Å²) in [6.07, 6.45) is 4.11. The van der Waals surface area contributed by atoms with E-state index >= 15 is 0 Å². The molecule has 0 saturated carbocycles. The van der Waals surface area contributed by atoms with Crippen LogP contribution in [0.2, 0.25) is 0 Å². The fourth-order valence-corrected chi connectivity index (χ4v) is 3.28. The van der Waals surface area contributed by atoms with Gasteiger partial charge in [0.2, 0.25) is 0 Å². The lowest BCUT2D eigenvalue weighted by molar-refractivity contribution is 0.0696. The van der Waals surface area contributed by atoms with Crippen LogP contribution >= 0.6 is 0 Å². The Morgan fingerprint density at radius 2 is 2.05 bits per heavy atom. The number of carbonyl (C=O) groups is 1. The van der Waals surface area contributed by atoms with Gasteiger partial charge in [-0.25, -0.2) is 4.79 Å². The van der Waals surface area contributed by atoms with Gasteiger partial charge in [-0.05, 0) is 24.8 Å². The molecule has 110 valence electrons. The molecule has 2 rings (SSSR count). The Balaban J connectivity index is 2.12. The average molecular weight is 299 g/mol. The zero-order chi connectivity index (χ0) is 14.8. The van der Waals surface area contributed by atoms with Crippen LogP contribution in [0.3, 0.4) is 0 Å². The van der Waals surface area contributed by atoms with Crippen LogP contribution in [0.15, 0.2) is 18.5 Å². The van der Waals surface area contributed by atoms with E-state index in [1.165, 1.54) is 22.8 Å². The van der Waals surface area contributed by atoms with Gasteiger partial charge in [-0.15, -0.1) is 0 Å². The van der Waals surface area contributed by atoms with Crippen molar-refractivity contribution in [1.29, 1.82) is 0 Å². The van der Waals surface area contributed by atoms with E-state index in [-0.39, 0.29) is 11.3 Å². The third kappa shape index (κ3) is 3.45. The molecule has 1 fully saturated rings. The summed E-state index contributed by atoms with van der Waals surface area (Å²) in [7, 11) is -3.65. The lowest BCUT2D eigenvalue weighted by Gasteiger charge is -2.29. The first-order valence-corrected chi connectivity index (χ1v) is 7.79.